The van der Waals surface area contributed by atoms with Crippen molar-refractivity contribution >= 4 is 10.2 Å². The average molecular weight is 86.2 g/mol. The first-order valence-electron chi connectivity index (χ1n) is 2.00. The predicted molar refractivity (Wildman–Crippen MR) is 27.9 cm³/mol. The lowest BCUT2D eigenvalue weighted by atomic mass is 10.4. The molecule has 5 heavy (non-hydrogen) atoms. The van der Waals surface area contributed by atoms with Crippen molar-refractivity contribution in [1.82, 2.24) is 0 Å². The minimum atomic E-state index is 1.10. The Balaban J connectivity index is 2.19. The Hall–Kier alpha value is 0.217. The summed E-state index contributed by atoms with van der Waals surface area (Å²) >= 11 is 0. The van der Waals surface area contributed by atoms with Gasteiger partial charge in [-0.15, -0.1) is 0 Å². The maximum Gasteiger partial charge on any atom is 0.00797 e. The summed E-state index contributed by atoms with van der Waals surface area (Å²) in [6.07, 6.45) is 2.39. The number of hydrogen-bond donors (Lipinski definition) is 0. The van der Waals surface area contributed by atoms with E-state index < -0.39 is 0 Å². The predicted octanol–water partition coefficient (Wildman–Crippen LogP) is 0.652. The van der Waals surface area contributed by atoms with Crippen molar-refractivity contribution in [1.29, 1.82) is 0 Å². The average Bonchev–Trinajstić information content (AvgIpc) is 1.41. The third kappa shape index (κ3) is 4.22. The Kier molecular flexibility index (Phi) is 4.40. The second kappa shape index (κ2) is 4.22. The van der Waals surface area contributed by atoms with Crippen LogP contribution >= 0.6 is 0 Å². The van der Waals surface area contributed by atoms with Gasteiger partial charge in [0.15, 0.2) is 0 Å². The van der Waals surface area contributed by atoms with Crippen LogP contribution in [0.15, 0.2) is 0 Å². The van der Waals surface area contributed by atoms with Gasteiger partial charge in [-0.2, -0.15) is 0 Å². The number of unbranched alkanes of at least 4 members (excludes halogenated alkanes) is 1. The van der Waals surface area contributed by atoms with Crippen LogP contribution in [0.1, 0.15) is 12.8 Å². The van der Waals surface area contributed by atoms with Crippen molar-refractivity contribution in [3.8, 4) is 0 Å². The van der Waals surface area contributed by atoms with Gasteiger partial charge in [0.25, 0.3) is 0 Å². The SMILES string of the molecule is [CH2]CCC[SiH2]. The molecule has 0 bridgehead atoms. The van der Waals surface area contributed by atoms with Gasteiger partial charge in [-0.3, -0.25) is 0 Å². The molecule has 0 aromatic rings. The normalized spacial score (nSPS) is 8.40. The molecule has 0 unspecified atom stereocenters. The first-order valence-corrected chi connectivity index (χ1v) is 3.00. The van der Waals surface area contributed by atoms with E-state index in [9.17, 15) is 0 Å². The molecule has 0 heterocycles. The lowest BCUT2D eigenvalue weighted by Gasteiger charge is -1.78. The minimum Gasteiger partial charge on any atom is -0.0652 e. The van der Waals surface area contributed by atoms with Gasteiger partial charge in [0.2, 0.25) is 0 Å². The summed E-state index contributed by atoms with van der Waals surface area (Å²) in [5, 5.41) is 0. The third-order valence-corrected chi connectivity index (χ3v) is 1.000. The van der Waals surface area contributed by atoms with Gasteiger partial charge in [0.05, 0.1) is 0 Å². The highest BCUT2D eigenvalue weighted by molar-refractivity contribution is 6.08. The van der Waals surface area contributed by atoms with Crippen LogP contribution in [0.25, 0.3) is 0 Å². The van der Waals surface area contributed by atoms with Crippen LogP contribution in [0.5, 0.6) is 0 Å². The molecule has 0 aromatic carbocycles. The molecule has 0 N–H and O–H groups in total. The highest BCUT2D eigenvalue weighted by atomic mass is 28.1. The zero-order valence-corrected chi connectivity index (χ0v) is 4.95. The van der Waals surface area contributed by atoms with Crippen LogP contribution in [0.4, 0.5) is 0 Å². The first-order chi connectivity index (χ1) is 2.41. The highest BCUT2D eigenvalue weighted by Gasteiger charge is 1.68. The lowest BCUT2D eigenvalue weighted by molar-refractivity contribution is 0.953. The largest absolute Gasteiger partial charge is 0.0652 e. The fraction of sp³-hybridized carbons (Fsp3) is 0.750. The molecular weight excluding hydrogens is 76.1 g/mol. The summed E-state index contributed by atoms with van der Waals surface area (Å²) in [5.41, 5.74) is 0. The van der Waals surface area contributed by atoms with E-state index in [2.05, 4.69) is 6.92 Å². The standard InChI is InChI=1S/C4H10Si/c1-2-3-4-5/h1-5H2. The molecule has 0 rings (SSSR count). The van der Waals surface area contributed by atoms with Crippen molar-refractivity contribution < 1.29 is 0 Å². The molecule has 30 valence electrons. The van der Waals surface area contributed by atoms with E-state index in [0.29, 0.717) is 0 Å². The summed E-state index contributed by atoms with van der Waals surface area (Å²) in [5.74, 6) is 0. The molecule has 0 spiro atoms. The minimum absolute atomic E-state index is 1.10. The molecule has 2 radical (unpaired) electrons. The Morgan fingerprint density at radius 2 is 2.20 bits per heavy atom. The van der Waals surface area contributed by atoms with Crippen molar-refractivity contribution in [2.45, 2.75) is 18.9 Å². The molecule has 0 atom stereocenters. The van der Waals surface area contributed by atoms with Crippen LogP contribution in [0.2, 0.25) is 6.04 Å². The quantitative estimate of drug-likeness (QED) is 0.433. The fourth-order valence-electron chi connectivity index (χ4n) is 0.177. The van der Waals surface area contributed by atoms with E-state index in [0.717, 1.165) is 6.42 Å². The zero-order valence-electron chi connectivity index (χ0n) is 3.54. The Bertz CT molecular complexity index is 11.1. The van der Waals surface area contributed by atoms with E-state index >= 15 is 0 Å². The Morgan fingerprint density at radius 1 is 1.60 bits per heavy atom. The first kappa shape index (κ1) is 5.22. The van der Waals surface area contributed by atoms with E-state index in [1.54, 1.807) is 0 Å². The molecule has 0 saturated heterocycles. The van der Waals surface area contributed by atoms with Gasteiger partial charge in [-0.1, -0.05) is 25.8 Å². The topological polar surface area (TPSA) is 0 Å². The Morgan fingerprint density at radius 3 is 2.20 bits per heavy atom. The second-order valence-corrected chi connectivity index (χ2v) is 1.77. The summed E-state index contributed by atoms with van der Waals surface area (Å²) < 4.78 is 0. The van der Waals surface area contributed by atoms with Gasteiger partial charge in [0, 0.05) is 10.2 Å². The molecule has 0 aliphatic heterocycles. The van der Waals surface area contributed by atoms with Crippen LogP contribution in [0.3, 0.4) is 0 Å². The number of hydrogen-bond acceptors (Lipinski definition) is 0. The van der Waals surface area contributed by atoms with E-state index in [1.807, 2.05) is 10.2 Å². The molecule has 1 heteroatoms. The van der Waals surface area contributed by atoms with Crippen molar-refractivity contribution in [3.63, 3.8) is 0 Å². The smallest absolute Gasteiger partial charge is 0.00797 e. The monoisotopic (exact) mass is 86.1 g/mol. The molecule has 0 nitrogen and oxygen atoms in total. The van der Waals surface area contributed by atoms with Gasteiger partial charge < -0.3 is 0 Å². The van der Waals surface area contributed by atoms with Crippen LogP contribution in [-0.4, -0.2) is 10.2 Å². The molecule has 0 aliphatic carbocycles. The van der Waals surface area contributed by atoms with Gasteiger partial charge in [-0.05, 0) is 0 Å². The summed E-state index contributed by atoms with van der Waals surface area (Å²) in [7, 11) is 2.01. The Labute approximate surface area is 37.0 Å². The third-order valence-electron chi connectivity index (χ3n) is 0.500. The second-order valence-electron chi connectivity index (χ2n) is 1.06. The molecule has 0 aliphatic rings. The number of rotatable bonds is 2. The van der Waals surface area contributed by atoms with E-state index in [1.165, 1.54) is 12.5 Å². The molecule has 0 fully saturated rings. The van der Waals surface area contributed by atoms with Crippen LogP contribution in [-0.2, 0) is 0 Å². The lowest BCUT2D eigenvalue weighted by Crippen LogP contribution is -1.64. The summed E-state index contributed by atoms with van der Waals surface area (Å²) in [6.45, 7) is 3.68. The van der Waals surface area contributed by atoms with E-state index in [4.69, 9.17) is 0 Å². The highest BCUT2D eigenvalue weighted by Crippen LogP contribution is 1.86. The molecular formula is C4H10Si. The van der Waals surface area contributed by atoms with Crippen LogP contribution in [0, 0.1) is 6.92 Å². The van der Waals surface area contributed by atoms with Crippen LogP contribution < -0.4 is 0 Å². The van der Waals surface area contributed by atoms with Crippen molar-refractivity contribution in [3.05, 3.63) is 6.92 Å². The van der Waals surface area contributed by atoms with Gasteiger partial charge in [-0.25, -0.2) is 0 Å². The van der Waals surface area contributed by atoms with Crippen molar-refractivity contribution in [2.75, 3.05) is 0 Å². The summed E-state index contributed by atoms with van der Waals surface area (Å²) in [4.78, 5) is 0. The van der Waals surface area contributed by atoms with Gasteiger partial charge >= 0.3 is 0 Å². The van der Waals surface area contributed by atoms with Crippen molar-refractivity contribution in [2.24, 2.45) is 0 Å². The van der Waals surface area contributed by atoms with Gasteiger partial charge in [0.1, 0.15) is 0 Å². The van der Waals surface area contributed by atoms with E-state index in [-0.39, 0.29) is 0 Å². The molecule has 0 saturated carbocycles. The maximum atomic E-state index is 3.68. The maximum absolute atomic E-state index is 3.68. The fourth-order valence-corrected chi connectivity index (χ4v) is 0.530. The zero-order chi connectivity index (χ0) is 4.12. The molecule has 0 amide bonds. The molecule has 0 aromatic heterocycles. The summed E-state index contributed by atoms with van der Waals surface area (Å²) in [6, 6.07) is 1.31.